The van der Waals surface area contributed by atoms with Crippen LogP contribution in [0, 0.1) is 27.7 Å². The lowest BCUT2D eigenvalue weighted by atomic mass is 9.84. The SMILES string of the molecule is CCN(CCNC(=O)c1ccc(Cc2c(C)c(C)c3c(c2C)CCC(C)(C)O3)o1)c1cccc(C)c1. The normalized spacial score (nSPS) is 14.2. The van der Waals surface area contributed by atoms with E-state index in [-0.39, 0.29) is 11.5 Å². The van der Waals surface area contributed by atoms with E-state index in [0.29, 0.717) is 18.7 Å². The number of nitrogens with zero attached hydrogens (tertiary/aromatic N) is 1. The van der Waals surface area contributed by atoms with Crippen LogP contribution in [-0.4, -0.2) is 31.1 Å². The maximum atomic E-state index is 12.8. The average Bonchev–Trinajstić information content (AvgIpc) is 3.31. The summed E-state index contributed by atoms with van der Waals surface area (Å²) in [5.41, 5.74) is 8.58. The minimum atomic E-state index is -0.174. The fourth-order valence-electron chi connectivity index (χ4n) is 5.17. The number of amides is 1. The molecule has 5 nitrogen and oxygen atoms in total. The summed E-state index contributed by atoms with van der Waals surface area (Å²) in [4.78, 5) is 15.0. The molecule has 0 bridgehead atoms. The third-order valence-electron chi connectivity index (χ3n) is 7.54. The molecular weight excluding hydrogens is 448 g/mol. The number of likely N-dealkylation sites (N-methyl/N-ethyl adjacent to an activating group) is 1. The highest BCUT2D eigenvalue weighted by molar-refractivity contribution is 5.91. The minimum Gasteiger partial charge on any atom is -0.487 e. The van der Waals surface area contributed by atoms with E-state index in [4.69, 9.17) is 9.15 Å². The molecule has 0 aliphatic carbocycles. The van der Waals surface area contributed by atoms with Gasteiger partial charge in [-0.05, 0) is 119 Å². The Labute approximate surface area is 215 Å². The maximum Gasteiger partial charge on any atom is 0.287 e. The predicted octanol–water partition coefficient (Wildman–Crippen LogP) is 6.46. The Morgan fingerprint density at radius 3 is 2.56 bits per heavy atom. The van der Waals surface area contributed by atoms with Crippen molar-refractivity contribution in [2.75, 3.05) is 24.5 Å². The molecule has 0 saturated carbocycles. The molecule has 36 heavy (non-hydrogen) atoms. The third kappa shape index (κ3) is 5.45. The van der Waals surface area contributed by atoms with Gasteiger partial charge in [-0.2, -0.15) is 0 Å². The summed E-state index contributed by atoms with van der Waals surface area (Å²) >= 11 is 0. The molecule has 1 aromatic heterocycles. The molecule has 5 heteroatoms. The predicted molar refractivity (Wildman–Crippen MR) is 147 cm³/mol. The van der Waals surface area contributed by atoms with Crippen molar-refractivity contribution in [1.29, 1.82) is 0 Å². The number of benzene rings is 2. The number of ether oxygens (including phenoxy) is 1. The van der Waals surface area contributed by atoms with Gasteiger partial charge >= 0.3 is 0 Å². The van der Waals surface area contributed by atoms with Crippen molar-refractivity contribution in [3.63, 3.8) is 0 Å². The van der Waals surface area contributed by atoms with E-state index in [9.17, 15) is 4.79 Å². The van der Waals surface area contributed by atoms with Crippen LogP contribution in [0.4, 0.5) is 5.69 Å². The van der Waals surface area contributed by atoms with Crippen molar-refractivity contribution in [3.05, 3.63) is 81.3 Å². The van der Waals surface area contributed by atoms with Crippen LogP contribution in [0.3, 0.4) is 0 Å². The lowest BCUT2D eigenvalue weighted by Crippen LogP contribution is -2.34. The molecule has 0 saturated heterocycles. The summed E-state index contributed by atoms with van der Waals surface area (Å²) in [6, 6.07) is 12.1. The Hall–Kier alpha value is -3.21. The maximum absolute atomic E-state index is 12.8. The number of nitrogens with one attached hydrogen (secondary N) is 1. The van der Waals surface area contributed by atoms with Crippen LogP contribution in [0.2, 0.25) is 0 Å². The molecule has 1 amide bonds. The van der Waals surface area contributed by atoms with Gasteiger partial charge in [-0.15, -0.1) is 0 Å². The molecule has 2 aromatic carbocycles. The smallest absolute Gasteiger partial charge is 0.287 e. The number of hydrogen-bond donors (Lipinski definition) is 1. The molecule has 0 fully saturated rings. The molecule has 0 unspecified atom stereocenters. The van der Waals surface area contributed by atoms with Gasteiger partial charge < -0.3 is 19.4 Å². The van der Waals surface area contributed by atoms with E-state index in [1.54, 1.807) is 6.07 Å². The van der Waals surface area contributed by atoms with Crippen molar-refractivity contribution < 1.29 is 13.9 Å². The Morgan fingerprint density at radius 1 is 1.06 bits per heavy atom. The number of fused-ring (bicyclic) bond motifs is 1. The first-order valence-corrected chi connectivity index (χ1v) is 13.1. The highest BCUT2D eigenvalue weighted by Crippen LogP contribution is 2.41. The van der Waals surface area contributed by atoms with Crippen molar-refractivity contribution in [2.24, 2.45) is 0 Å². The Morgan fingerprint density at radius 2 is 1.83 bits per heavy atom. The molecule has 0 spiro atoms. The second-order valence-electron chi connectivity index (χ2n) is 10.6. The topological polar surface area (TPSA) is 54.7 Å². The highest BCUT2D eigenvalue weighted by atomic mass is 16.5. The Kier molecular flexibility index (Phi) is 7.49. The van der Waals surface area contributed by atoms with Gasteiger partial charge in [-0.25, -0.2) is 0 Å². The number of aryl methyl sites for hydroxylation is 1. The minimum absolute atomic E-state index is 0.129. The molecule has 3 aromatic rings. The lowest BCUT2D eigenvalue weighted by molar-refractivity contribution is 0.0833. The van der Waals surface area contributed by atoms with Crippen molar-refractivity contribution in [2.45, 2.75) is 73.3 Å². The summed E-state index contributed by atoms with van der Waals surface area (Å²) in [5, 5.41) is 3.01. The van der Waals surface area contributed by atoms with Crippen LogP contribution < -0.4 is 15.0 Å². The molecule has 1 aliphatic heterocycles. The Bertz CT molecular complexity index is 1250. The van der Waals surface area contributed by atoms with Crippen LogP contribution in [0.5, 0.6) is 5.75 Å². The number of carbonyl (C=O) groups excluding carboxylic acids is 1. The molecule has 192 valence electrons. The van der Waals surface area contributed by atoms with E-state index < -0.39 is 0 Å². The van der Waals surface area contributed by atoms with Crippen LogP contribution in [0.25, 0.3) is 0 Å². The fourth-order valence-corrected chi connectivity index (χ4v) is 5.17. The second-order valence-corrected chi connectivity index (χ2v) is 10.6. The zero-order valence-electron chi connectivity index (χ0n) is 22.9. The zero-order chi connectivity index (χ0) is 26.0. The number of rotatable bonds is 8. The van der Waals surface area contributed by atoms with Crippen molar-refractivity contribution in [1.82, 2.24) is 5.32 Å². The first-order valence-electron chi connectivity index (χ1n) is 13.1. The molecular formula is C31H40N2O3. The van der Waals surface area contributed by atoms with E-state index in [1.807, 2.05) is 6.07 Å². The number of carbonyl (C=O) groups is 1. The summed E-state index contributed by atoms with van der Waals surface area (Å²) in [6.07, 6.45) is 2.69. The quantitative estimate of drug-likeness (QED) is 0.395. The molecule has 4 rings (SSSR count). The van der Waals surface area contributed by atoms with Crippen molar-refractivity contribution >= 4 is 11.6 Å². The number of hydrogen-bond acceptors (Lipinski definition) is 4. The largest absolute Gasteiger partial charge is 0.487 e. The summed E-state index contributed by atoms with van der Waals surface area (Å²) in [7, 11) is 0. The van der Waals surface area contributed by atoms with E-state index in [2.05, 4.69) is 82.9 Å². The molecule has 1 N–H and O–H groups in total. The van der Waals surface area contributed by atoms with Crippen LogP contribution in [0.15, 0.2) is 40.8 Å². The van der Waals surface area contributed by atoms with E-state index in [0.717, 1.165) is 37.4 Å². The number of furan rings is 1. The van der Waals surface area contributed by atoms with Crippen molar-refractivity contribution in [3.8, 4) is 5.75 Å². The summed E-state index contributed by atoms with van der Waals surface area (Å²) in [6.45, 7) is 17.2. The first kappa shape index (κ1) is 25.9. The van der Waals surface area contributed by atoms with Gasteiger partial charge in [-0.1, -0.05) is 12.1 Å². The first-order chi connectivity index (χ1) is 17.1. The van der Waals surface area contributed by atoms with E-state index in [1.165, 1.54) is 39.1 Å². The van der Waals surface area contributed by atoms with E-state index >= 15 is 0 Å². The average molecular weight is 489 g/mol. The van der Waals surface area contributed by atoms with Crippen LogP contribution in [-0.2, 0) is 12.8 Å². The lowest BCUT2D eigenvalue weighted by Gasteiger charge is -2.35. The molecule has 1 aliphatic rings. The van der Waals surface area contributed by atoms with Gasteiger partial charge in [0.15, 0.2) is 5.76 Å². The van der Waals surface area contributed by atoms with Crippen LogP contribution in [0.1, 0.15) is 76.9 Å². The van der Waals surface area contributed by atoms with Crippen LogP contribution >= 0.6 is 0 Å². The molecule has 0 radical (unpaired) electrons. The summed E-state index contributed by atoms with van der Waals surface area (Å²) in [5.74, 6) is 2.04. The van der Waals surface area contributed by atoms with Gasteiger partial charge in [0.25, 0.3) is 5.91 Å². The Balaban J connectivity index is 1.42. The molecule has 0 atom stereocenters. The number of anilines is 1. The summed E-state index contributed by atoms with van der Waals surface area (Å²) < 4.78 is 12.4. The third-order valence-corrected chi connectivity index (χ3v) is 7.54. The van der Waals surface area contributed by atoms with Gasteiger partial charge in [0.05, 0.1) is 0 Å². The van der Waals surface area contributed by atoms with Gasteiger partial charge in [0.1, 0.15) is 17.1 Å². The second kappa shape index (κ2) is 10.4. The van der Waals surface area contributed by atoms with Gasteiger partial charge in [-0.3, -0.25) is 4.79 Å². The monoisotopic (exact) mass is 488 g/mol. The van der Waals surface area contributed by atoms with Gasteiger partial charge in [0.2, 0.25) is 0 Å². The standard InChI is InChI=1S/C31H40N2O3/c1-8-33(24-11-9-10-20(2)18-24)17-16-32-30(34)28-13-12-25(35-28)19-27-21(3)22(4)29-26(23(27)5)14-15-31(6,7)36-29/h9-13,18H,8,14-17,19H2,1-7H3,(H,32,34). The zero-order valence-corrected chi connectivity index (χ0v) is 22.9. The molecule has 2 heterocycles. The van der Waals surface area contributed by atoms with Gasteiger partial charge in [0, 0.05) is 31.7 Å². The highest BCUT2D eigenvalue weighted by Gasteiger charge is 2.30. The fraction of sp³-hybridized carbons (Fsp3) is 0.452.